The molecule has 0 saturated carbocycles. The quantitative estimate of drug-likeness (QED) is 0.931. The molecule has 2 rings (SSSR count). The molecule has 1 saturated heterocycles. The Morgan fingerprint density at radius 3 is 2.76 bits per heavy atom. The van der Waals surface area contributed by atoms with Gasteiger partial charge in [-0.15, -0.1) is 0 Å². The van der Waals surface area contributed by atoms with Gasteiger partial charge in [-0.1, -0.05) is 22.0 Å². The first kappa shape index (κ1) is 12.9. The van der Waals surface area contributed by atoms with Crippen LogP contribution in [-0.2, 0) is 6.54 Å². The summed E-state index contributed by atoms with van der Waals surface area (Å²) in [5, 5.41) is 0. The average molecular weight is 299 g/mol. The molecule has 1 heterocycles. The molecule has 94 valence electrons. The molecule has 1 aliphatic rings. The Morgan fingerprint density at radius 1 is 1.41 bits per heavy atom. The summed E-state index contributed by atoms with van der Waals surface area (Å²) in [6.07, 6.45) is 2.51. The van der Waals surface area contributed by atoms with Crippen LogP contribution in [0.25, 0.3) is 0 Å². The predicted octanol–water partition coefficient (Wildman–Crippen LogP) is 2.38. The molecule has 4 heteroatoms. The molecule has 1 fully saturated rings. The first-order valence-electron chi connectivity index (χ1n) is 6.02. The van der Waals surface area contributed by atoms with E-state index in [1.54, 1.807) is 0 Å². The van der Waals surface area contributed by atoms with Crippen molar-refractivity contribution in [3.63, 3.8) is 0 Å². The van der Waals surface area contributed by atoms with Gasteiger partial charge in [0.2, 0.25) is 0 Å². The van der Waals surface area contributed by atoms with E-state index in [2.05, 4.69) is 27.9 Å². The molecule has 0 aliphatic carbocycles. The molecule has 0 bridgehead atoms. The molecule has 0 amide bonds. The van der Waals surface area contributed by atoms with Crippen LogP contribution < -0.4 is 10.5 Å². The topological polar surface area (TPSA) is 38.5 Å². The van der Waals surface area contributed by atoms with E-state index in [1.165, 1.54) is 0 Å². The summed E-state index contributed by atoms with van der Waals surface area (Å²) in [6, 6.07) is 6.04. The lowest BCUT2D eigenvalue weighted by atomic mass is 10.1. The number of ether oxygens (including phenoxy) is 1. The van der Waals surface area contributed by atoms with Crippen LogP contribution in [0.15, 0.2) is 22.7 Å². The SMILES string of the molecule is CN1CCC(Oc2cc(Br)ccc2CN)CC1. The molecule has 0 atom stereocenters. The zero-order chi connectivity index (χ0) is 12.3. The average Bonchev–Trinajstić information content (AvgIpc) is 2.32. The van der Waals surface area contributed by atoms with Crippen molar-refractivity contribution in [2.45, 2.75) is 25.5 Å². The van der Waals surface area contributed by atoms with Crippen molar-refractivity contribution in [2.75, 3.05) is 20.1 Å². The molecule has 0 unspecified atom stereocenters. The van der Waals surface area contributed by atoms with Gasteiger partial charge < -0.3 is 15.4 Å². The van der Waals surface area contributed by atoms with E-state index in [0.717, 1.165) is 41.7 Å². The number of hydrogen-bond donors (Lipinski definition) is 1. The fourth-order valence-corrected chi connectivity index (χ4v) is 2.43. The summed E-state index contributed by atoms with van der Waals surface area (Å²) < 4.78 is 7.11. The second-order valence-electron chi connectivity index (χ2n) is 4.58. The highest BCUT2D eigenvalue weighted by atomic mass is 79.9. The highest BCUT2D eigenvalue weighted by Crippen LogP contribution is 2.26. The standard InChI is InChI=1S/C13H19BrN2O/c1-16-6-4-12(5-7-16)17-13-8-11(14)3-2-10(13)9-15/h2-3,8,12H,4-7,9,15H2,1H3. The maximum atomic E-state index is 6.07. The highest BCUT2D eigenvalue weighted by molar-refractivity contribution is 9.10. The van der Waals surface area contributed by atoms with Crippen LogP contribution >= 0.6 is 15.9 Å². The van der Waals surface area contributed by atoms with Gasteiger partial charge in [0.25, 0.3) is 0 Å². The Labute approximate surface area is 111 Å². The van der Waals surface area contributed by atoms with Crippen LogP contribution in [0.1, 0.15) is 18.4 Å². The minimum absolute atomic E-state index is 0.325. The summed E-state index contributed by atoms with van der Waals surface area (Å²) >= 11 is 3.47. The van der Waals surface area contributed by atoms with Crippen molar-refractivity contribution in [1.82, 2.24) is 4.90 Å². The molecule has 17 heavy (non-hydrogen) atoms. The van der Waals surface area contributed by atoms with Gasteiger partial charge in [0.1, 0.15) is 11.9 Å². The van der Waals surface area contributed by atoms with Crippen molar-refractivity contribution in [3.05, 3.63) is 28.2 Å². The van der Waals surface area contributed by atoms with Crippen molar-refractivity contribution in [1.29, 1.82) is 0 Å². The molecule has 1 aromatic rings. The second-order valence-corrected chi connectivity index (χ2v) is 5.49. The van der Waals surface area contributed by atoms with Gasteiger partial charge in [-0.25, -0.2) is 0 Å². The maximum absolute atomic E-state index is 6.07. The summed E-state index contributed by atoms with van der Waals surface area (Å²) in [5.41, 5.74) is 6.80. The molecule has 3 nitrogen and oxygen atoms in total. The van der Waals surface area contributed by atoms with Gasteiger partial charge in [0.05, 0.1) is 0 Å². The van der Waals surface area contributed by atoms with Gasteiger partial charge in [-0.3, -0.25) is 0 Å². The lowest BCUT2D eigenvalue weighted by Crippen LogP contribution is -2.35. The fraction of sp³-hybridized carbons (Fsp3) is 0.538. The Morgan fingerprint density at radius 2 is 2.12 bits per heavy atom. The summed E-state index contributed by atoms with van der Waals surface area (Å²) in [6.45, 7) is 2.74. The number of hydrogen-bond acceptors (Lipinski definition) is 3. The molecular formula is C13H19BrN2O. The van der Waals surface area contributed by atoms with E-state index in [4.69, 9.17) is 10.5 Å². The van der Waals surface area contributed by atoms with Gasteiger partial charge >= 0.3 is 0 Å². The number of rotatable bonds is 3. The maximum Gasteiger partial charge on any atom is 0.125 e. The van der Waals surface area contributed by atoms with Crippen molar-refractivity contribution in [2.24, 2.45) is 5.73 Å². The minimum atomic E-state index is 0.325. The van der Waals surface area contributed by atoms with Crippen LogP contribution in [0.4, 0.5) is 0 Å². The van der Waals surface area contributed by atoms with E-state index in [0.29, 0.717) is 12.6 Å². The largest absolute Gasteiger partial charge is 0.490 e. The van der Waals surface area contributed by atoms with E-state index < -0.39 is 0 Å². The third-order valence-electron chi connectivity index (χ3n) is 3.21. The summed E-state index contributed by atoms with van der Waals surface area (Å²) in [4.78, 5) is 2.34. The van der Waals surface area contributed by atoms with Gasteiger partial charge in [-0.05, 0) is 32.0 Å². The molecule has 0 spiro atoms. The number of halogens is 1. The van der Waals surface area contributed by atoms with Crippen LogP contribution in [0.2, 0.25) is 0 Å². The molecular weight excluding hydrogens is 280 g/mol. The molecule has 2 N–H and O–H groups in total. The van der Waals surface area contributed by atoms with Crippen molar-refractivity contribution < 1.29 is 4.74 Å². The Balaban J connectivity index is 2.04. The van der Waals surface area contributed by atoms with Crippen molar-refractivity contribution >= 4 is 15.9 Å². The molecule has 0 radical (unpaired) electrons. The molecule has 0 aromatic heterocycles. The van der Waals surface area contributed by atoms with E-state index >= 15 is 0 Å². The zero-order valence-electron chi connectivity index (χ0n) is 10.2. The van der Waals surface area contributed by atoms with E-state index in [-0.39, 0.29) is 0 Å². The normalized spacial score (nSPS) is 18.3. The lowest BCUT2D eigenvalue weighted by Gasteiger charge is -2.29. The first-order chi connectivity index (χ1) is 8.19. The van der Waals surface area contributed by atoms with Gasteiger partial charge in [0.15, 0.2) is 0 Å². The monoisotopic (exact) mass is 298 g/mol. The number of nitrogens with two attached hydrogens (primary N) is 1. The lowest BCUT2D eigenvalue weighted by molar-refractivity contribution is 0.113. The first-order valence-corrected chi connectivity index (χ1v) is 6.82. The number of nitrogens with zero attached hydrogens (tertiary/aromatic N) is 1. The number of likely N-dealkylation sites (tertiary alicyclic amines) is 1. The van der Waals surface area contributed by atoms with Gasteiger partial charge in [-0.2, -0.15) is 0 Å². The molecule has 1 aliphatic heterocycles. The summed E-state index contributed by atoms with van der Waals surface area (Å²) in [7, 11) is 2.15. The summed E-state index contributed by atoms with van der Waals surface area (Å²) in [5.74, 6) is 0.927. The Bertz CT molecular complexity index is 376. The number of piperidine rings is 1. The van der Waals surface area contributed by atoms with Crippen LogP contribution in [-0.4, -0.2) is 31.1 Å². The zero-order valence-corrected chi connectivity index (χ0v) is 11.7. The third kappa shape index (κ3) is 3.44. The number of benzene rings is 1. The predicted molar refractivity (Wildman–Crippen MR) is 73.2 cm³/mol. The van der Waals surface area contributed by atoms with E-state index in [9.17, 15) is 0 Å². The van der Waals surface area contributed by atoms with Crippen molar-refractivity contribution in [3.8, 4) is 5.75 Å². The Hall–Kier alpha value is -0.580. The van der Waals surface area contributed by atoms with E-state index in [1.807, 2.05) is 18.2 Å². The fourth-order valence-electron chi connectivity index (χ4n) is 2.09. The van der Waals surface area contributed by atoms with Crippen LogP contribution in [0.5, 0.6) is 5.75 Å². The van der Waals surface area contributed by atoms with Crippen LogP contribution in [0.3, 0.4) is 0 Å². The molecule has 1 aromatic carbocycles. The third-order valence-corrected chi connectivity index (χ3v) is 3.70. The highest BCUT2D eigenvalue weighted by Gasteiger charge is 2.19. The smallest absolute Gasteiger partial charge is 0.125 e. The minimum Gasteiger partial charge on any atom is -0.490 e. The van der Waals surface area contributed by atoms with Crippen LogP contribution in [0, 0.1) is 0 Å². The second kappa shape index (κ2) is 5.85. The van der Waals surface area contributed by atoms with Gasteiger partial charge in [0, 0.05) is 29.7 Å². The Kier molecular flexibility index (Phi) is 4.42.